The highest BCUT2D eigenvalue weighted by Gasteiger charge is 2.24. The molecule has 72 valence electrons. The summed E-state index contributed by atoms with van der Waals surface area (Å²) in [7, 11) is -0.618. The molecule has 0 amide bonds. The summed E-state index contributed by atoms with van der Waals surface area (Å²) in [6.45, 7) is 8.41. The van der Waals surface area contributed by atoms with E-state index >= 15 is 0 Å². The molecule has 1 aliphatic heterocycles. The van der Waals surface area contributed by atoms with Crippen molar-refractivity contribution < 1.29 is 4.21 Å². The van der Waals surface area contributed by atoms with Crippen molar-refractivity contribution in [2.45, 2.75) is 26.0 Å². The Hall–Kier alpha value is 0.110. The third-order valence-corrected chi connectivity index (χ3v) is 4.65. The van der Waals surface area contributed by atoms with E-state index in [1.807, 2.05) is 0 Å². The van der Waals surface area contributed by atoms with Crippen molar-refractivity contribution in [2.24, 2.45) is 11.8 Å². The van der Waals surface area contributed by atoms with Crippen LogP contribution in [-0.4, -0.2) is 28.3 Å². The first-order chi connectivity index (χ1) is 5.61. The highest BCUT2D eigenvalue weighted by Crippen LogP contribution is 2.14. The summed E-state index contributed by atoms with van der Waals surface area (Å²) < 4.78 is 11.7. The minimum Gasteiger partial charge on any atom is -0.315 e. The lowest BCUT2D eigenvalue weighted by atomic mass is 10.1. The third-order valence-electron chi connectivity index (χ3n) is 2.37. The number of nitrogens with one attached hydrogen (secondary N) is 1. The van der Waals surface area contributed by atoms with Gasteiger partial charge in [-0.2, -0.15) is 0 Å². The summed E-state index contributed by atoms with van der Waals surface area (Å²) in [5, 5.41) is 3.72. The van der Waals surface area contributed by atoms with Crippen LogP contribution in [0.3, 0.4) is 0 Å². The maximum Gasteiger partial charge on any atom is 0.0495 e. The predicted molar refractivity (Wildman–Crippen MR) is 53.7 cm³/mol. The van der Waals surface area contributed by atoms with Gasteiger partial charge in [-0.3, -0.25) is 4.21 Å². The number of rotatable bonds is 1. The standard InChI is InChI=1S/C9H19NOS/c1-7(2)9-5-10-4-8(3)6-12(9)11/h7-10H,4-6H2,1-3H3. The minimum atomic E-state index is -0.618. The van der Waals surface area contributed by atoms with E-state index in [2.05, 4.69) is 26.1 Å². The van der Waals surface area contributed by atoms with Crippen LogP contribution in [0.5, 0.6) is 0 Å². The maximum atomic E-state index is 11.7. The SMILES string of the molecule is CC1CNCC(C(C)C)S(=O)C1. The lowest BCUT2D eigenvalue weighted by Crippen LogP contribution is -2.32. The normalized spacial score (nSPS) is 38.2. The molecule has 3 unspecified atom stereocenters. The van der Waals surface area contributed by atoms with Crippen LogP contribution in [0.4, 0.5) is 0 Å². The fourth-order valence-electron chi connectivity index (χ4n) is 1.57. The lowest BCUT2D eigenvalue weighted by molar-refractivity contribution is 0.526. The second-order valence-corrected chi connectivity index (χ2v) is 5.79. The molecule has 0 aromatic heterocycles. The van der Waals surface area contributed by atoms with E-state index in [9.17, 15) is 4.21 Å². The Morgan fingerprint density at radius 1 is 1.42 bits per heavy atom. The predicted octanol–water partition coefficient (Wildman–Crippen LogP) is 0.999. The minimum absolute atomic E-state index is 0.356. The van der Waals surface area contributed by atoms with E-state index in [4.69, 9.17) is 0 Å². The van der Waals surface area contributed by atoms with Gasteiger partial charge >= 0.3 is 0 Å². The molecule has 12 heavy (non-hydrogen) atoms. The van der Waals surface area contributed by atoms with E-state index in [1.54, 1.807) is 0 Å². The summed E-state index contributed by atoms with van der Waals surface area (Å²) in [5.74, 6) is 1.97. The van der Waals surface area contributed by atoms with Crippen LogP contribution in [0.15, 0.2) is 0 Å². The molecule has 0 saturated carbocycles. The summed E-state index contributed by atoms with van der Waals surface area (Å²) in [6.07, 6.45) is 0. The molecule has 0 radical (unpaired) electrons. The molecule has 3 heteroatoms. The van der Waals surface area contributed by atoms with Crippen molar-refractivity contribution in [1.82, 2.24) is 5.32 Å². The molecule has 0 bridgehead atoms. The van der Waals surface area contributed by atoms with Crippen LogP contribution in [0, 0.1) is 11.8 Å². The van der Waals surface area contributed by atoms with Gasteiger partial charge in [-0.1, -0.05) is 20.8 Å². The summed E-state index contributed by atoms with van der Waals surface area (Å²) in [6, 6.07) is 0. The molecule has 1 heterocycles. The molecule has 3 atom stereocenters. The molecular weight excluding hydrogens is 170 g/mol. The smallest absolute Gasteiger partial charge is 0.0495 e. The monoisotopic (exact) mass is 189 g/mol. The van der Waals surface area contributed by atoms with E-state index in [1.165, 1.54) is 0 Å². The van der Waals surface area contributed by atoms with Crippen molar-refractivity contribution in [3.63, 3.8) is 0 Å². The zero-order valence-corrected chi connectivity index (χ0v) is 8.99. The van der Waals surface area contributed by atoms with E-state index in [-0.39, 0.29) is 0 Å². The first-order valence-corrected chi connectivity index (χ1v) is 6.07. The molecule has 0 aromatic carbocycles. The molecule has 1 aliphatic rings. The van der Waals surface area contributed by atoms with Crippen molar-refractivity contribution in [3.05, 3.63) is 0 Å². The Labute approximate surface area is 77.6 Å². The zero-order chi connectivity index (χ0) is 9.14. The average molecular weight is 189 g/mol. The molecule has 1 N–H and O–H groups in total. The van der Waals surface area contributed by atoms with Crippen LogP contribution in [0.1, 0.15) is 20.8 Å². The van der Waals surface area contributed by atoms with Gasteiger partial charge in [0.25, 0.3) is 0 Å². The first kappa shape index (κ1) is 10.2. The molecule has 1 fully saturated rings. The van der Waals surface area contributed by atoms with Crippen LogP contribution in [-0.2, 0) is 10.8 Å². The topological polar surface area (TPSA) is 29.1 Å². The largest absolute Gasteiger partial charge is 0.315 e. The van der Waals surface area contributed by atoms with Crippen LogP contribution >= 0.6 is 0 Å². The number of hydrogen-bond donors (Lipinski definition) is 1. The second-order valence-electron chi connectivity index (χ2n) is 4.09. The quantitative estimate of drug-likeness (QED) is 0.667. The number of hydrogen-bond acceptors (Lipinski definition) is 2. The molecule has 0 aromatic rings. The van der Waals surface area contributed by atoms with Crippen LogP contribution < -0.4 is 5.32 Å². The molecule has 2 nitrogen and oxygen atoms in total. The van der Waals surface area contributed by atoms with Gasteiger partial charge < -0.3 is 5.32 Å². The van der Waals surface area contributed by atoms with Crippen LogP contribution in [0.25, 0.3) is 0 Å². The van der Waals surface area contributed by atoms with Gasteiger partial charge in [0.1, 0.15) is 0 Å². The van der Waals surface area contributed by atoms with Crippen molar-refractivity contribution >= 4 is 10.8 Å². The molecule has 1 saturated heterocycles. The highest BCUT2D eigenvalue weighted by atomic mass is 32.2. The Morgan fingerprint density at radius 3 is 2.67 bits per heavy atom. The van der Waals surface area contributed by atoms with Gasteiger partial charge in [-0.25, -0.2) is 0 Å². The zero-order valence-electron chi connectivity index (χ0n) is 8.17. The Bertz CT molecular complexity index is 170. The Balaban J connectivity index is 2.58. The Kier molecular flexibility index (Phi) is 3.72. The third kappa shape index (κ3) is 2.56. The highest BCUT2D eigenvalue weighted by molar-refractivity contribution is 7.85. The summed E-state index contributed by atoms with van der Waals surface area (Å²) in [5.41, 5.74) is 0. The average Bonchev–Trinajstić information content (AvgIpc) is 2.10. The van der Waals surface area contributed by atoms with E-state index in [0.717, 1.165) is 18.8 Å². The van der Waals surface area contributed by atoms with Gasteiger partial charge in [0.15, 0.2) is 0 Å². The van der Waals surface area contributed by atoms with Crippen molar-refractivity contribution in [3.8, 4) is 0 Å². The Morgan fingerprint density at radius 2 is 2.08 bits per heavy atom. The van der Waals surface area contributed by atoms with Gasteiger partial charge in [0, 0.05) is 28.3 Å². The van der Waals surface area contributed by atoms with Gasteiger partial charge in [-0.05, 0) is 18.4 Å². The summed E-state index contributed by atoms with van der Waals surface area (Å²) >= 11 is 0. The van der Waals surface area contributed by atoms with Crippen molar-refractivity contribution in [1.29, 1.82) is 0 Å². The van der Waals surface area contributed by atoms with Crippen molar-refractivity contribution in [2.75, 3.05) is 18.8 Å². The molecule has 1 rings (SSSR count). The van der Waals surface area contributed by atoms with Gasteiger partial charge in [0.2, 0.25) is 0 Å². The van der Waals surface area contributed by atoms with Gasteiger partial charge in [0.05, 0.1) is 0 Å². The first-order valence-electron chi connectivity index (χ1n) is 4.69. The van der Waals surface area contributed by atoms with Gasteiger partial charge in [-0.15, -0.1) is 0 Å². The maximum absolute atomic E-state index is 11.7. The fraction of sp³-hybridized carbons (Fsp3) is 1.00. The summed E-state index contributed by atoms with van der Waals surface area (Å²) in [4.78, 5) is 0. The second kappa shape index (κ2) is 4.38. The van der Waals surface area contributed by atoms with Crippen LogP contribution in [0.2, 0.25) is 0 Å². The fourth-order valence-corrected chi connectivity index (χ4v) is 3.40. The lowest BCUT2D eigenvalue weighted by Gasteiger charge is -2.17. The molecule has 0 spiro atoms. The van der Waals surface area contributed by atoms with E-state index < -0.39 is 10.8 Å². The molecule has 0 aliphatic carbocycles. The van der Waals surface area contributed by atoms with E-state index in [0.29, 0.717) is 17.1 Å². The molecular formula is C9H19NOS.